The Hall–Kier alpha value is -0.610. The number of aliphatic hydroxyl groups excluding tert-OH is 1. The van der Waals surface area contributed by atoms with Crippen molar-refractivity contribution in [1.82, 2.24) is 5.32 Å². The second-order valence-corrected chi connectivity index (χ2v) is 6.52. The van der Waals surface area contributed by atoms with Gasteiger partial charge in [-0.15, -0.1) is 0 Å². The van der Waals surface area contributed by atoms with Gasteiger partial charge in [-0.1, -0.05) is 19.3 Å². The van der Waals surface area contributed by atoms with Crippen LogP contribution >= 0.6 is 0 Å². The van der Waals surface area contributed by atoms with Gasteiger partial charge in [0, 0.05) is 25.0 Å². The van der Waals surface area contributed by atoms with Crippen LogP contribution in [0, 0.1) is 5.41 Å². The SMILES string of the molecule is O=C(CCC1CCCCO1)NCC1(CO)CCCCC1. The summed E-state index contributed by atoms with van der Waals surface area (Å²) in [5.74, 6) is 0.109. The highest BCUT2D eigenvalue weighted by Gasteiger charge is 2.31. The maximum Gasteiger partial charge on any atom is 0.220 e. The average Bonchev–Trinajstić information content (AvgIpc) is 2.53. The molecule has 2 N–H and O–H groups in total. The summed E-state index contributed by atoms with van der Waals surface area (Å²) < 4.78 is 5.64. The third kappa shape index (κ3) is 4.74. The molecule has 1 heterocycles. The van der Waals surface area contributed by atoms with Crippen LogP contribution in [0.1, 0.15) is 64.2 Å². The Morgan fingerprint density at radius 3 is 2.65 bits per heavy atom. The van der Waals surface area contributed by atoms with Crippen molar-refractivity contribution in [3.05, 3.63) is 0 Å². The quantitative estimate of drug-likeness (QED) is 0.787. The third-order valence-corrected chi connectivity index (χ3v) is 4.88. The first-order valence-corrected chi connectivity index (χ1v) is 8.23. The Morgan fingerprint density at radius 1 is 1.20 bits per heavy atom. The van der Waals surface area contributed by atoms with Crippen LogP contribution in [0.2, 0.25) is 0 Å². The number of hydrogen-bond donors (Lipinski definition) is 2. The molecule has 0 radical (unpaired) electrons. The van der Waals surface area contributed by atoms with Gasteiger partial charge in [0.2, 0.25) is 5.91 Å². The molecule has 2 rings (SSSR count). The van der Waals surface area contributed by atoms with E-state index in [1.807, 2.05) is 0 Å². The molecule has 0 aromatic carbocycles. The molecule has 1 saturated heterocycles. The van der Waals surface area contributed by atoms with Gasteiger partial charge in [0.25, 0.3) is 0 Å². The lowest BCUT2D eigenvalue weighted by atomic mass is 9.74. The van der Waals surface area contributed by atoms with E-state index in [2.05, 4.69) is 5.32 Å². The van der Waals surface area contributed by atoms with Gasteiger partial charge in [0.1, 0.15) is 0 Å². The monoisotopic (exact) mass is 283 g/mol. The Morgan fingerprint density at radius 2 is 2.00 bits per heavy atom. The predicted octanol–water partition coefficient (Wildman–Crippen LogP) is 2.39. The molecule has 0 aromatic heterocycles. The zero-order valence-corrected chi connectivity index (χ0v) is 12.5. The molecule has 4 heteroatoms. The van der Waals surface area contributed by atoms with Crippen molar-refractivity contribution in [2.75, 3.05) is 19.8 Å². The molecular weight excluding hydrogens is 254 g/mol. The van der Waals surface area contributed by atoms with Crippen molar-refractivity contribution in [2.45, 2.75) is 70.3 Å². The van der Waals surface area contributed by atoms with Crippen molar-refractivity contribution < 1.29 is 14.6 Å². The van der Waals surface area contributed by atoms with Crippen LogP contribution in [0.3, 0.4) is 0 Å². The van der Waals surface area contributed by atoms with Crippen molar-refractivity contribution in [2.24, 2.45) is 5.41 Å². The minimum absolute atomic E-state index is 0.0603. The van der Waals surface area contributed by atoms with Crippen LogP contribution in [-0.2, 0) is 9.53 Å². The lowest BCUT2D eigenvalue weighted by Crippen LogP contribution is -2.41. The number of carbonyl (C=O) groups excluding carboxylic acids is 1. The average molecular weight is 283 g/mol. The fourth-order valence-corrected chi connectivity index (χ4v) is 3.39. The van der Waals surface area contributed by atoms with Gasteiger partial charge in [-0.3, -0.25) is 4.79 Å². The number of carbonyl (C=O) groups is 1. The molecule has 1 unspecified atom stereocenters. The third-order valence-electron chi connectivity index (χ3n) is 4.88. The summed E-state index contributed by atoms with van der Waals surface area (Å²) in [6.45, 7) is 1.67. The molecule has 0 bridgehead atoms. The zero-order valence-electron chi connectivity index (χ0n) is 12.5. The van der Waals surface area contributed by atoms with Crippen LogP contribution in [0.5, 0.6) is 0 Å². The molecule has 1 atom stereocenters. The first kappa shape index (κ1) is 15.8. The minimum atomic E-state index is -0.0603. The van der Waals surface area contributed by atoms with Gasteiger partial charge in [0.05, 0.1) is 12.7 Å². The van der Waals surface area contributed by atoms with E-state index in [9.17, 15) is 9.90 Å². The summed E-state index contributed by atoms with van der Waals surface area (Å²) in [5.41, 5.74) is -0.0603. The molecule has 2 fully saturated rings. The van der Waals surface area contributed by atoms with E-state index in [-0.39, 0.29) is 24.0 Å². The predicted molar refractivity (Wildman–Crippen MR) is 78.4 cm³/mol. The first-order chi connectivity index (χ1) is 9.74. The van der Waals surface area contributed by atoms with Gasteiger partial charge in [-0.05, 0) is 38.5 Å². The highest BCUT2D eigenvalue weighted by molar-refractivity contribution is 5.75. The van der Waals surface area contributed by atoms with Crippen molar-refractivity contribution in [3.63, 3.8) is 0 Å². The number of nitrogens with one attached hydrogen (secondary N) is 1. The maximum atomic E-state index is 11.9. The molecule has 20 heavy (non-hydrogen) atoms. The Balaban J connectivity index is 1.65. The van der Waals surface area contributed by atoms with Crippen molar-refractivity contribution in [3.8, 4) is 0 Å². The Labute approximate surface area is 122 Å². The van der Waals surface area contributed by atoms with E-state index >= 15 is 0 Å². The van der Waals surface area contributed by atoms with Gasteiger partial charge in [-0.2, -0.15) is 0 Å². The topological polar surface area (TPSA) is 58.6 Å². The van der Waals surface area contributed by atoms with E-state index in [1.165, 1.54) is 25.7 Å². The van der Waals surface area contributed by atoms with Gasteiger partial charge < -0.3 is 15.2 Å². The number of aliphatic hydroxyl groups is 1. The number of rotatable bonds is 6. The minimum Gasteiger partial charge on any atom is -0.396 e. The van der Waals surface area contributed by atoms with E-state index < -0.39 is 0 Å². The van der Waals surface area contributed by atoms with E-state index in [4.69, 9.17) is 4.74 Å². The fourth-order valence-electron chi connectivity index (χ4n) is 3.39. The van der Waals surface area contributed by atoms with E-state index in [1.54, 1.807) is 0 Å². The van der Waals surface area contributed by atoms with Crippen LogP contribution in [0.4, 0.5) is 0 Å². The second-order valence-electron chi connectivity index (χ2n) is 6.52. The summed E-state index contributed by atoms with van der Waals surface area (Å²) in [5, 5.41) is 12.6. The van der Waals surface area contributed by atoms with Gasteiger partial charge in [0.15, 0.2) is 0 Å². The van der Waals surface area contributed by atoms with Crippen LogP contribution in [0.25, 0.3) is 0 Å². The highest BCUT2D eigenvalue weighted by atomic mass is 16.5. The van der Waals surface area contributed by atoms with Gasteiger partial charge in [-0.25, -0.2) is 0 Å². The summed E-state index contributed by atoms with van der Waals surface area (Å²) >= 11 is 0. The number of ether oxygens (including phenoxy) is 1. The number of hydrogen-bond acceptors (Lipinski definition) is 3. The summed E-state index contributed by atoms with van der Waals surface area (Å²) in [6.07, 6.45) is 10.8. The second kappa shape index (κ2) is 7.99. The van der Waals surface area contributed by atoms with E-state index in [0.29, 0.717) is 13.0 Å². The van der Waals surface area contributed by atoms with Crippen molar-refractivity contribution >= 4 is 5.91 Å². The van der Waals surface area contributed by atoms with Crippen LogP contribution in [0.15, 0.2) is 0 Å². The summed E-state index contributed by atoms with van der Waals surface area (Å²) in [4.78, 5) is 11.9. The Kier molecular flexibility index (Phi) is 6.30. The zero-order chi connectivity index (χ0) is 14.3. The molecule has 0 aromatic rings. The summed E-state index contributed by atoms with van der Waals surface area (Å²) in [7, 11) is 0. The smallest absolute Gasteiger partial charge is 0.220 e. The van der Waals surface area contributed by atoms with Crippen LogP contribution in [-0.4, -0.2) is 36.9 Å². The molecule has 1 aliphatic carbocycles. The Bertz CT molecular complexity index is 294. The molecule has 0 spiro atoms. The van der Waals surface area contributed by atoms with E-state index in [0.717, 1.165) is 38.7 Å². The molecule has 2 aliphatic rings. The summed E-state index contributed by atoms with van der Waals surface area (Å²) in [6, 6.07) is 0. The molecule has 1 aliphatic heterocycles. The van der Waals surface area contributed by atoms with Crippen molar-refractivity contribution in [1.29, 1.82) is 0 Å². The molecule has 1 saturated carbocycles. The molecule has 116 valence electrons. The largest absolute Gasteiger partial charge is 0.396 e. The molecule has 4 nitrogen and oxygen atoms in total. The fraction of sp³-hybridized carbons (Fsp3) is 0.938. The van der Waals surface area contributed by atoms with Crippen LogP contribution < -0.4 is 5.32 Å². The first-order valence-electron chi connectivity index (χ1n) is 8.23. The maximum absolute atomic E-state index is 11.9. The normalized spacial score (nSPS) is 26.1. The highest BCUT2D eigenvalue weighted by Crippen LogP contribution is 2.35. The van der Waals surface area contributed by atoms with Gasteiger partial charge >= 0.3 is 0 Å². The molecular formula is C16H29NO3. The number of amides is 1. The lowest BCUT2D eigenvalue weighted by Gasteiger charge is -2.35. The standard InChI is InChI=1S/C16H29NO3/c18-13-16(9-3-1-4-10-16)12-17-15(19)8-7-14-6-2-5-11-20-14/h14,18H,1-13H2,(H,17,19). The molecule has 1 amide bonds. The lowest BCUT2D eigenvalue weighted by molar-refractivity contribution is -0.123.